The highest BCUT2D eigenvalue weighted by atomic mass is 19.1. The first-order valence-electron chi connectivity index (χ1n) is 7.49. The molecule has 0 spiro atoms. The molecule has 6 nitrogen and oxygen atoms in total. The Balaban J connectivity index is 1.73. The molecule has 1 heterocycles. The van der Waals surface area contributed by atoms with Crippen molar-refractivity contribution in [3.63, 3.8) is 0 Å². The molecule has 1 amide bonds. The lowest BCUT2D eigenvalue weighted by molar-refractivity contribution is -0.114. The van der Waals surface area contributed by atoms with Gasteiger partial charge in [0.2, 0.25) is 5.91 Å². The number of hydrogen-bond acceptors (Lipinski definition) is 4. The number of carbonyl (C=O) groups excluding carboxylic acids is 1. The van der Waals surface area contributed by atoms with E-state index in [2.05, 4.69) is 20.7 Å². The lowest BCUT2D eigenvalue weighted by Gasteiger charge is -2.10. The van der Waals surface area contributed by atoms with Crippen molar-refractivity contribution in [2.24, 2.45) is 0 Å². The molecule has 0 aliphatic carbocycles. The van der Waals surface area contributed by atoms with Crippen LogP contribution in [-0.4, -0.2) is 20.7 Å². The van der Waals surface area contributed by atoms with Crippen molar-refractivity contribution in [2.75, 3.05) is 10.6 Å². The Morgan fingerprint density at radius 3 is 2.56 bits per heavy atom. The van der Waals surface area contributed by atoms with Gasteiger partial charge >= 0.3 is 0 Å². The van der Waals surface area contributed by atoms with E-state index in [9.17, 15) is 13.6 Å². The van der Waals surface area contributed by atoms with Gasteiger partial charge in [0.05, 0.1) is 23.6 Å². The van der Waals surface area contributed by atoms with Gasteiger partial charge in [-0.2, -0.15) is 0 Å². The van der Waals surface area contributed by atoms with Gasteiger partial charge in [-0.25, -0.2) is 18.4 Å². The number of carbonyl (C=O) groups is 1. The maximum Gasteiger partial charge on any atom is 0.221 e. The Hall–Kier alpha value is -3.29. The number of halogens is 2. The molecule has 3 aromatic rings. The fraction of sp³-hybridized carbons (Fsp3) is 0.118. The highest BCUT2D eigenvalue weighted by Crippen LogP contribution is 2.23. The molecule has 0 saturated heterocycles. The largest absolute Gasteiger partial charge is 0.375 e. The molecule has 0 saturated carbocycles. The first-order valence-corrected chi connectivity index (χ1v) is 7.49. The van der Waals surface area contributed by atoms with Gasteiger partial charge in [-0.05, 0) is 18.2 Å². The summed E-state index contributed by atoms with van der Waals surface area (Å²) in [4.78, 5) is 15.2. The van der Waals surface area contributed by atoms with Gasteiger partial charge in [0.15, 0.2) is 5.82 Å². The number of rotatable bonds is 5. The number of nitrogens with zero attached hydrogens (tertiary/aromatic N) is 3. The van der Waals surface area contributed by atoms with Gasteiger partial charge in [-0.1, -0.05) is 18.2 Å². The quantitative estimate of drug-likeness (QED) is 0.747. The summed E-state index contributed by atoms with van der Waals surface area (Å²) in [7, 11) is 0. The van der Waals surface area contributed by atoms with Crippen LogP contribution >= 0.6 is 0 Å². The van der Waals surface area contributed by atoms with Crippen molar-refractivity contribution in [1.29, 1.82) is 0 Å². The van der Waals surface area contributed by atoms with E-state index in [0.717, 1.165) is 5.69 Å². The molecule has 0 unspecified atom stereocenters. The van der Waals surface area contributed by atoms with E-state index in [1.807, 2.05) is 30.3 Å². The van der Waals surface area contributed by atoms with Crippen LogP contribution in [0.2, 0.25) is 0 Å². The van der Waals surface area contributed by atoms with Crippen LogP contribution in [-0.2, 0) is 11.3 Å². The Morgan fingerprint density at radius 2 is 1.84 bits per heavy atom. The normalized spacial score (nSPS) is 10.5. The first kappa shape index (κ1) is 16.6. The summed E-state index contributed by atoms with van der Waals surface area (Å²) in [6.07, 6.45) is 1.55. The SMILES string of the molecule is CC(=O)Nc1cc(NCc2ncn(-c3ccccc3)n2)c(F)cc1F. The lowest BCUT2D eigenvalue weighted by Crippen LogP contribution is -2.10. The van der Waals surface area contributed by atoms with E-state index in [0.29, 0.717) is 11.9 Å². The maximum atomic E-state index is 13.9. The van der Waals surface area contributed by atoms with Gasteiger partial charge in [-0.15, -0.1) is 5.10 Å². The minimum atomic E-state index is -0.843. The van der Waals surface area contributed by atoms with Gasteiger partial charge in [0.25, 0.3) is 0 Å². The second kappa shape index (κ2) is 7.08. The zero-order valence-electron chi connectivity index (χ0n) is 13.3. The predicted molar refractivity (Wildman–Crippen MR) is 89.3 cm³/mol. The summed E-state index contributed by atoms with van der Waals surface area (Å²) in [5.74, 6) is -1.62. The molecule has 0 fully saturated rings. The smallest absolute Gasteiger partial charge is 0.221 e. The lowest BCUT2D eigenvalue weighted by atomic mass is 10.2. The summed E-state index contributed by atoms with van der Waals surface area (Å²) >= 11 is 0. The Bertz CT molecular complexity index is 895. The molecular weight excluding hydrogens is 328 g/mol. The van der Waals surface area contributed by atoms with Crippen molar-refractivity contribution in [1.82, 2.24) is 14.8 Å². The van der Waals surface area contributed by atoms with E-state index in [1.54, 1.807) is 11.0 Å². The molecule has 8 heteroatoms. The molecule has 0 aliphatic heterocycles. The van der Waals surface area contributed by atoms with Crippen molar-refractivity contribution in [3.8, 4) is 5.69 Å². The molecule has 0 radical (unpaired) electrons. The van der Waals surface area contributed by atoms with Crippen LogP contribution < -0.4 is 10.6 Å². The fourth-order valence-corrected chi connectivity index (χ4v) is 2.23. The van der Waals surface area contributed by atoms with E-state index >= 15 is 0 Å². The van der Waals surface area contributed by atoms with Crippen molar-refractivity contribution in [2.45, 2.75) is 13.5 Å². The van der Waals surface area contributed by atoms with Crippen LogP contribution in [0.1, 0.15) is 12.7 Å². The first-order chi connectivity index (χ1) is 12.0. The Labute approximate surface area is 142 Å². The summed E-state index contributed by atoms with van der Waals surface area (Å²) in [6.45, 7) is 1.39. The number of hydrogen-bond donors (Lipinski definition) is 2. The zero-order valence-corrected chi connectivity index (χ0v) is 13.3. The number of nitrogens with one attached hydrogen (secondary N) is 2. The van der Waals surface area contributed by atoms with E-state index in [-0.39, 0.29) is 17.9 Å². The van der Waals surface area contributed by atoms with Gasteiger partial charge in [0.1, 0.15) is 18.0 Å². The highest BCUT2D eigenvalue weighted by Gasteiger charge is 2.12. The molecule has 128 valence electrons. The third-order valence-corrected chi connectivity index (χ3v) is 3.36. The molecule has 25 heavy (non-hydrogen) atoms. The third-order valence-electron chi connectivity index (χ3n) is 3.36. The number of para-hydroxylation sites is 1. The molecule has 0 bridgehead atoms. The molecule has 1 aromatic heterocycles. The van der Waals surface area contributed by atoms with E-state index < -0.39 is 17.5 Å². The van der Waals surface area contributed by atoms with Crippen molar-refractivity contribution >= 4 is 17.3 Å². The van der Waals surface area contributed by atoms with Crippen molar-refractivity contribution in [3.05, 3.63) is 66.3 Å². The molecular formula is C17H15F2N5O. The fourth-order valence-electron chi connectivity index (χ4n) is 2.23. The standard InChI is InChI=1S/C17H15F2N5O/c1-11(25)22-16-8-15(13(18)7-14(16)19)20-9-17-21-10-24(23-17)12-5-3-2-4-6-12/h2-8,10,20H,9H2,1H3,(H,22,25). The number of amides is 1. The number of aromatic nitrogens is 3. The summed E-state index contributed by atoms with van der Waals surface area (Å²) in [5.41, 5.74) is 0.794. The Kier molecular flexibility index (Phi) is 4.69. The minimum Gasteiger partial charge on any atom is -0.375 e. The van der Waals surface area contributed by atoms with Gasteiger partial charge < -0.3 is 10.6 Å². The predicted octanol–water partition coefficient (Wildman–Crippen LogP) is 3.12. The average molecular weight is 343 g/mol. The Morgan fingerprint density at radius 1 is 1.12 bits per heavy atom. The molecule has 3 rings (SSSR count). The third kappa shape index (κ3) is 3.97. The minimum absolute atomic E-state index is 0.0428. The number of anilines is 2. The van der Waals surface area contributed by atoms with Crippen molar-refractivity contribution < 1.29 is 13.6 Å². The molecule has 2 aromatic carbocycles. The van der Waals surface area contributed by atoms with Gasteiger partial charge in [-0.3, -0.25) is 4.79 Å². The van der Waals surface area contributed by atoms with Crippen LogP contribution in [0.3, 0.4) is 0 Å². The molecule has 0 aliphatic rings. The van der Waals surface area contributed by atoms with Crippen LogP contribution in [0.5, 0.6) is 0 Å². The van der Waals surface area contributed by atoms with Crippen LogP contribution in [0, 0.1) is 11.6 Å². The number of benzene rings is 2. The van der Waals surface area contributed by atoms with Gasteiger partial charge in [0, 0.05) is 13.0 Å². The van der Waals surface area contributed by atoms with E-state index in [4.69, 9.17) is 0 Å². The average Bonchev–Trinajstić information content (AvgIpc) is 3.06. The maximum absolute atomic E-state index is 13.9. The summed E-state index contributed by atoms with van der Waals surface area (Å²) < 4.78 is 29.1. The second-order valence-corrected chi connectivity index (χ2v) is 5.29. The van der Waals surface area contributed by atoms with Crippen LogP contribution in [0.25, 0.3) is 5.69 Å². The topological polar surface area (TPSA) is 71.8 Å². The zero-order chi connectivity index (χ0) is 17.8. The summed E-state index contributed by atoms with van der Waals surface area (Å²) in [6, 6.07) is 11.3. The summed E-state index contributed by atoms with van der Waals surface area (Å²) in [5, 5.41) is 9.40. The van der Waals surface area contributed by atoms with Crippen LogP contribution in [0.4, 0.5) is 20.2 Å². The highest BCUT2D eigenvalue weighted by molar-refractivity contribution is 5.89. The monoisotopic (exact) mass is 343 g/mol. The molecule has 0 atom stereocenters. The van der Waals surface area contributed by atoms with E-state index in [1.165, 1.54) is 13.0 Å². The van der Waals surface area contributed by atoms with Crippen LogP contribution in [0.15, 0.2) is 48.8 Å². The molecule has 2 N–H and O–H groups in total. The second-order valence-electron chi connectivity index (χ2n) is 5.29.